The molecule has 3 heterocycles. The number of ether oxygens (including phenoxy) is 1. The van der Waals surface area contributed by atoms with E-state index in [9.17, 15) is 4.79 Å². The topological polar surface area (TPSA) is 54.5 Å². The van der Waals surface area contributed by atoms with Crippen molar-refractivity contribution in [3.05, 3.63) is 28.0 Å². The Hall–Kier alpha value is -0.980. The Bertz CT molecular complexity index is 787. The molecule has 2 aliphatic heterocycles. The monoisotopic (exact) mass is 461 g/mol. The van der Waals surface area contributed by atoms with Gasteiger partial charge in [-0.3, -0.25) is 9.78 Å². The number of hydrogen-bond donors (Lipinski definition) is 1. The first-order valence-electron chi connectivity index (χ1n) is 11.3. The summed E-state index contributed by atoms with van der Waals surface area (Å²) in [6.07, 6.45) is 9.49. The Kier molecular flexibility index (Phi) is 5.46. The van der Waals surface area contributed by atoms with Crippen LogP contribution in [0.5, 0.6) is 0 Å². The first-order valence-corrected chi connectivity index (χ1v) is 12.1. The van der Waals surface area contributed by atoms with Crippen LogP contribution in [0, 0.1) is 17.3 Å². The Balaban J connectivity index is 1.30. The summed E-state index contributed by atoms with van der Waals surface area (Å²) in [4.78, 5) is 20.5. The summed E-state index contributed by atoms with van der Waals surface area (Å²) in [5.74, 6) is 1.51. The zero-order chi connectivity index (χ0) is 20.0. The molecule has 0 spiro atoms. The second-order valence-corrected chi connectivity index (χ2v) is 10.6. The molecule has 5 rings (SSSR count). The quantitative estimate of drug-likeness (QED) is 0.745. The van der Waals surface area contributed by atoms with E-state index in [1.54, 1.807) is 0 Å². The van der Waals surface area contributed by atoms with E-state index in [2.05, 4.69) is 44.1 Å². The maximum Gasteiger partial charge on any atom is 0.229 e. The normalized spacial score (nSPS) is 36.7. The number of nitrogens with zero attached hydrogens (tertiary/aromatic N) is 2. The van der Waals surface area contributed by atoms with E-state index in [1.807, 2.05) is 6.20 Å². The van der Waals surface area contributed by atoms with Crippen molar-refractivity contribution in [1.82, 2.24) is 15.2 Å². The Morgan fingerprint density at radius 3 is 3.17 bits per heavy atom. The van der Waals surface area contributed by atoms with Crippen molar-refractivity contribution in [2.75, 3.05) is 19.8 Å². The molecule has 1 saturated heterocycles. The van der Waals surface area contributed by atoms with Gasteiger partial charge in [-0.05, 0) is 71.5 Å². The highest BCUT2D eigenvalue weighted by Gasteiger charge is 2.56. The number of aromatic nitrogens is 1. The van der Waals surface area contributed by atoms with E-state index in [-0.39, 0.29) is 5.41 Å². The average molecular weight is 462 g/mol. The molecule has 0 aromatic carbocycles. The largest absolute Gasteiger partial charge is 0.381 e. The number of rotatable bonds is 3. The molecule has 2 aliphatic carbocycles. The Morgan fingerprint density at radius 2 is 2.31 bits per heavy atom. The van der Waals surface area contributed by atoms with Crippen molar-refractivity contribution in [1.29, 1.82) is 0 Å². The molecule has 158 valence electrons. The van der Waals surface area contributed by atoms with Gasteiger partial charge in [-0.25, -0.2) is 0 Å². The van der Waals surface area contributed by atoms with Gasteiger partial charge in [-0.1, -0.05) is 13.3 Å². The van der Waals surface area contributed by atoms with Crippen LogP contribution >= 0.6 is 15.9 Å². The zero-order valence-electron chi connectivity index (χ0n) is 17.3. The third kappa shape index (κ3) is 3.66. The van der Waals surface area contributed by atoms with Gasteiger partial charge in [0, 0.05) is 54.6 Å². The third-order valence-electron chi connectivity index (χ3n) is 7.95. The van der Waals surface area contributed by atoms with Gasteiger partial charge >= 0.3 is 0 Å². The highest BCUT2D eigenvalue weighted by atomic mass is 79.9. The number of amides is 1. The van der Waals surface area contributed by atoms with Crippen molar-refractivity contribution in [2.24, 2.45) is 17.3 Å². The minimum atomic E-state index is -0.136. The molecule has 3 fully saturated rings. The van der Waals surface area contributed by atoms with Gasteiger partial charge in [0.2, 0.25) is 5.91 Å². The highest BCUT2D eigenvalue weighted by molar-refractivity contribution is 9.10. The van der Waals surface area contributed by atoms with Gasteiger partial charge in [0.25, 0.3) is 0 Å². The molecule has 0 radical (unpaired) electrons. The van der Waals surface area contributed by atoms with Crippen LogP contribution in [0.4, 0.5) is 0 Å². The lowest BCUT2D eigenvalue weighted by molar-refractivity contribution is -0.144. The number of nitrogens with one attached hydrogen (secondary N) is 1. The lowest BCUT2D eigenvalue weighted by atomic mass is 9.78. The lowest BCUT2D eigenvalue weighted by Gasteiger charge is -2.37. The summed E-state index contributed by atoms with van der Waals surface area (Å²) < 4.78 is 6.61. The first-order chi connectivity index (χ1) is 14.0. The molecular formula is C23H32BrN3O2. The molecule has 1 amide bonds. The molecule has 1 unspecified atom stereocenters. The minimum Gasteiger partial charge on any atom is -0.381 e. The van der Waals surface area contributed by atoms with Crippen molar-refractivity contribution in [3.63, 3.8) is 0 Å². The highest BCUT2D eigenvalue weighted by Crippen LogP contribution is 2.55. The molecule has 5 atom stereocenters. The second-order valence-electron chi connectivity index (χ2n) is 9.73. The van der Waals surface area contributed by atoms with Gasteiger partial charge in [0.15, 0.2) is 0 Å². The van der Waals surface area contributed by atoms with Crippen LogP contribution in [0.1, 0.15) is 56.7 Å². The van der Waals surface area contributed by atoms with E-state index >= 15 is 0 Å². The fourth-order valence-corrected chi connectivity index (χ4v) is 6.81. The summed E-state index contributed by atoms with van der Waals surface area (Å²) in [5.41, 5.74) is 2.22. The molecule has 4 aliphatic rings. The molecule has 6 heteroatoms. The molecule has 0 bridgehead atoms. The number of carbonyl (C=O) groups is 1. The van der Waals surface area contributed by atoms with Crippen LogP contribution in [-0.4, -0.2) is 47.6 Å². The zero-order valence-corrected chi connectivity index (χ0v) is 18.9. The number of fused-ring (bicyclic) bond motifs is 2. The maximum atomic E-state index is 13.8. The van der Waals surface area contributed by atoms with E-state index in [4.69, 9.17) is 4.74 Å². The smallest absolute Gasteiger partial charge is 0.229 e. The van der Waals surface area contributed by atoms with Crippen LogP contribution in [0.15, 0.2) is 16.7 Å². The van der Waals surface area contributed by atoms with Gasteiger partial charge in [-0.15, -0.1) is 0 Å². The van der Waals surface area contributed by atoms with Crippen molar-refractivity contribution >= 4 is 21.8 Å². The fraction of sp³-hybridized carbons (Fsp3) is 0.739. The van der Waals surface area contributed by atoms with E-state index in [1.165, 1.54) is 18.4 Å². The predicted octanol–water partition coefficient (Wildman–Crippen LogP) is 3.69. The van der Waals surface area contributed by atoms with Crippen LogP contribution < -0.4 is 5.32 Å². The minimum absolute atomic E-state index is 0.136. The second kappa shape index (κ2) is 7.93. The van der Waals surface area contributed by atoms with Crippen molar-refractivity contribution in [2.45, 2.75) is 70.5 Å². The van der Waals surface area contributed by atoms with Gasteiger partial charge in [0.05, 0.1) is 12.0 Å². The molecule has 1 aromatic heterocycles. The molecule has 29 heavy (non-hydrogen) atoms. The fourth-order valence-electron chi connectivity index (χ4n) is 6.43. The maximum absolute atomic E-state index is 13.8. The number of halogens is 1. The molecule has 2 saturated carbocycles. The van der Waals surface area contributed by atoms with Crippen LogP contribution in [-0.2, 0) is 22.5 Å². The van der Waals surface area contributed by atoms with Gasteiger partial charge in [0.1, 0.15) is 0 Å². The first kappa shape index (κ1) is 20.0. The van der Waals surface area contributed by atoms with E-state index < -0.39 is 0 Å². The summed E-state index contributed by atoms with van der Waals surface area (Å²) >= 11 is 3.53. The summed E-state index contributed by atoms with van der Waals surface area (Å²) in [6, 6.07) is 3.14. The average Bonchev–Trinajstić information content (AvgIpc) is 3.26. The third-order valence-corrected chi connectivity index (χ3v) is 8.38. The summed E-state index contributed by atoms with van der Waals surface area (Å²) in [7, 11) is 0. The van der Waals surface area contributed by atoms with E-state index in [0.717, 1.165) is 62.0 Å². The summed E-state index contributed by atoms with van der Waals surface area (Å²) in [6.45, 7) is 5.52. The molecular weight excluding hydrogens is 430 g/mol. The lowest BCUT2D eigenvalue weighted by Crippen LogP contribution is -2.48. The summed E-state index contributed by atoms with van der Waals surface area (Å²) in [5, 5.41) is 3.93. The van der Waals surface area contributed by atoms with Gasteiger partial charge < -0.3 is 15.0 Å². The molecule has 1 aromatic rings. The van der Waals surface area contributed by atoms with Crippen molar-refractivity contribution in [3.8, 4) is 0 Å². The van der Waals surface area contributed by atoms with Crippen molar-refractivity contribution < 1.29 is 9.53 Å². The standard InChI is InChI=1S/C23H32BrN3O2/c1-15-14-29-8-5-20(15)26-19-10-17-3-2-6-23(17,11-19)22(28)27-7-4-21-16(13-27)9-18(24)12-25-21/h9,12,15,17,19-20,26H,2-8,10-11,13-14H2,1H3/t15-,17-,19-,20?,23-/m1/s1. The molecule has 5 nitrogen and oxygen atoms in total. The van der Waals surface area contributed by atoms with Crippen LogP contribution in [0.3, 0.4) is 0 Å². The number of hydrogen-bond acceptors (Lipinski definition) is 4. The Labute approximate surface area is 182 Å². The SMILES string of the molecule is C[C@@H]1COCCC1N[C@@H]1C[C@H]2CCC[C@@]2(C(=O)N2CCc3ncc(Br)cc3C2)C1. The predicted molar refractivity (Wildman–Crippen MR) is 115 cm³/mol. The Morgan fingerprint density at radius 1 is 1.41 bits per heavy atom. The van der Waals surface area contributed by atoms with Gasteiger partial charge in [-0.2, -0.15) is 0 Å². The number of carbonyl (C=O) groups excluding carboxylic acids is 1. The number of pyridine rings is 1. The van der Waals surface area contributed by atoms with Crippen LogP contribution in [0.2, 0.25) is 0 Å². The van der Waals surface area contributed by atoms with Crippen LogP contribution in [0.25, 0.3) is 0 Å². The van der Waals surface area contributed by atoms with E-state index in [0.29, 0.717) is 36.4 Å². The molecule has 1 N–H and O–H groups in total.